The summed E-state index contributed by atoms with van der Waals surface area (Å²) in [6.45, 7) is 2.22. The van der Waals surface area contributed by atoms with Crippen LogP contribution in [-0.2, 0) is 9.59 Å². The third kappa shape index (κ3) is 2.88. The maximum atomic E-state index is 12.4. The summed E-state index contributed by atoms with van der Waals surface area (Å²) < 4.78 is 5.10. The Balaban J connectivity index is 2.32. The minimum atomic E-state index is -0.481. The lowest BCUT2D eigenvalue weighted by atomic mass is 10.2. The minimum absolute atomic E-state index is 0.104. The molecule has 1 N–H and O–H groups in total. The summed E-state index contributed by atoms with van der Waals surface area (Å²) in [7, 11) is 1.54. The second-order valence-corrected chi connectivity index (χ2v) is 4.99. The molecular formula is C14H17ClN2O3. The van der Waals surface area contributed by atoms with Gasteiger partial charge in [-0.05, 0) is 24.6 Å². The van der Waals surface area contributed by atoms with Gasteiger partial charge in [0.15, 0.2) is 0 Å². The Hall–Kier alpha value is -1.75. The second-order valence-electron chi connectivity index (χ2n) is 4.59. The van der Waals surface area contributed by atoms with Gasteiger partial charge in [-0.25, -0.2) is 0 Å². The maximum Gasteiger partial charge on any atom is 0.249 e. The van der Waals surface area contributed by atoms with Crippen molar-refractivity contribution >= 4 is 29.1 Å². The lowest BCUT2D eigenvalue weighted by Crippen LogP contribution is -2.44. The number of hydrogen-bond acceptors (Lipinski definition) is 3. The first kappa shape index (κ1) is 14.7. The monoisotopic (exact) mass is 296 g/mol. The number of rotatable bonds is 3. The van der Waals surface area contributed by atoms with Crippen molar-refractivity contribution in [1.29, 1.82) is 0 Å². The molecule has 1 fully saturated rings. The summed E-state index contributed by atoms with van der Waals surface area (Å²) in [4.78, 5) is 25.6. The number of carbonyl (C=O) groups is 2. The Bertz CT molecular complexity index is 533. The standard InChI is InChI=1S/C14H17ClN2O3/c1-3-11-14(19)17(7-6-13(18)16-11)9-4-5-12(20-2)10(15)8-9/h4-5,8,11H,3,6-7H2,1-2H3,(H,16,18). The highest BCUT2D eigenvalue weighted by molar-refractivity contribution is 6.32. The number of hydrogen-bond donors (Lipinski definition) is 1. The molecule has 1 aliphatic heterocycles. The number of benzene rings is 1. The van der Waals surface area contributed by atoms with Crippen LogP contribution in [0.25, 0.3) is 0 Å². The summed E-state index contributed by atoms with van der Waals surface area (Å²) in [6.07, 6.45) is 0.844. The van der Waals surface area contributed by atoms with Crippen molar-refractivity contribution in [3.8, 4) is 5.75 Å². The van der Waals surface area contributed by atoms with Gasteiger partial charge in [-0.1, -0.05) is 18.5 Å². The highest BCUT2D eigenvalue weighted by Crippen LogP contribution is 2.30. The number of nitrogens with one attached hydrogen (secondary N) is 1. The molecule has 0 bridgehead atoms. The van der Waals surface area contributed by atoms with E-state index in [1.54, 1.807) is 23.1 Å². The smallest absolute Gasteiger partial charge is 0.249 e. The first-order valence-corrected chi connectivity index (χ1v) is 6.89. The first-order chi connectivity index (χ1) is 9.56. The van der Waals surface area contributed by atoms with Crippen molar-refractivity contribution in [2.45, 2.75) is 25.8 Å². The summed E-state index contributed by atoms with van der Waals surface area (Å²) in [5.74, 6) is 0.339. The molecule has 1 unspecified atom stereocenters. The Morgan fingerprint density at radius 1 is 1.45 bits per heavy atom. The normalized spacial score (nSPS) is 19.6. The molecule has 2 amide bonds. The van der Waals surface area contributed by atoms with Crippen molar-refractivity contribution in [3.63, 3.8) is 0 Å². The van der Waals surface area contributed by atoms with Crippen LogP contribution in [0.4, 0.5) is 5.69 Å². The van der Waals surface area contributed by atoms with E-state index in [1.165, 1.54) is 7.11 Å². The number of methoxy groups -OCH3 is 1. The van der Waals surface area contributed by atoms with Gasteiger partial charge in [0.1, 0.15) is 11.8 Å². The van der Waals surface area contributed by atoms with Gasteiger partial charge < -0.3 is 15.0 Å². The lowest BCUT2D eigenvalue weighted by Gasteiger charge is -2.24. The fourth-order valence-electron chi connectivity index (χ4n) is 2.20. The fourth-order valence-corrected chi connectivity index (χ4v) is 2.45. The fraction of sp³-hybridized carbons (Fsp3) is 0.429. The molecule has 0 radical (unpaired) electrons. The molecule has 1 atom stereocenters. The molecule has 0 spiro atoms. The van der Waals surface area contributed by atoms with Crippen LogP contribution in [0.1, 0.15) is 19.8 Å². The summed E-state index contributed by atoms with van der Waals surface area (Å²) in [5, 5.41) is 3.17. The number of nitrogens with zero attached hydrogens (tertiary/aromatic N) is 1. The predicted octanol–water partition coefficient (Wildman–Crippen LogP) is 1.98. The summed E-state index contributed by atoms with van der Waals surface area (Å²) in [6, 6.07) is 4.68. The van der Waals surface area contributed by atoms with E-state index in [2.05, 4.69) is 5.32 Å². The van der Waals surface area contributed by atoms with Crippen LogP contribution >= 0.6 is 11.6 Å². The maximum absolute atomic E-state index is 12.4. The molecule has 1 saturated heterocycles. The zero-order valence-corrected chi connectivity index (χ0v) is 12.2. The van der Waals surface area contributed by atoms with Gasteiger partial charge in [-0.15, -0.1) is 0 Å². The van der Waals surface area contributed by atoms with Crippen LogP contribution in [0.3, 0.4) is 0 Å². The van der Waals surface area contributed by atoms with Crippen LogP contribution < -0.4 is 15.0 Å². The summed E-state index contributed by atoms with van der Waals surface area (Å²) in [5.41, 5.74) is 0.677. The Kier molecular flexibility index (Phi) is 4.49. The van der Waals surface area contributed by atoms with E-state index < -0.39 is 6.04 Å². The number of amides is 2. The van der Waals surface area contributed by atoms with E-state index in [0.29, 0.717) is 29.4 Å². The van der Waals surface area contributed by atoms with Crippen LogP contribution in [-0.4, -0.2) is 31.5 Å². The van der Waals surface area contributed by atoms with Gasteiger partial charge >= 0.3 is 0 Å². The van der Waals surface area contributed by atoms with Crippen molar-refractivity contribution < 1.29 is 14.3 Å². The molecule has 1 aromatic rings. The minimum Gasteiger partial charge on any atom is -0.495 e. The molecule has 6 heteroatoms. The average molecular weight is 297 g/mol. The quantitative estimate of drug-likeness (QED) is 0.928. The lowest BCUT2D eigenvalue weighted by molar-refractivity contribution is -0.125. The molecule has 0 saturated carbocycles. The van der Waals surface area contributed by atoms with Crippen molar-refractivity contribution in [1.82, 2.24) is 5.32 Å². The third-order valence-electron chi connectivity index (χ3n) is 3.32. The van der Waals surface area contributed by atoms with Crippen molar-refractivity contribution in [2.75, 3.05) is 18.6 Å². The second kappa shape index (κ2) is 6.13. The highest BCUT2D eigenvalue weighted by Gasteiger charge is 2.29. The van der Waals surface area contributed by atoms with Gasteiger partial charge in [0.2, 0.25) is 11.8 Å². The topological polar surface area (TPSA) is 58.6 Å². The van der Waals surface area contributed by atoms with E-state index in [9.17, 15) is 9.59 Å². The molecule has 1 heterocycles. The molecule has 2 rings (SSSR count). The van der Waals surface area contributed by atoms with E-state index in [1.807, 2.05) is 6.92 Å². The molecule has 1 aliphatic rings. The number of ether oxygens (including phenoxy) is 1. The molecule has 108 valence electrons. The van der Waals surface area contributed by atoms with E-state index in [-0.39, 0.29) is 18.2 Å². The number of halogens is 1. The van der Waals surface area contributed by atoms with Gasteiger partial charge in [-0.3, -0.25) is 9.59 Å². The van der Waals surface area contributed by atoms with Gasteiger partial charge in [0, 0.05) is 18.7 Å². The molecule has 0 aromatic heterocycles. The molecule has 20 heavy (non-hydrogen) atoms. The van der Waals surface area contributed by atoms with Gasteiger partial charge in [0.25, 0.3) is 0 Å². The van der Waals surface area contributed by atoms with Crippen LogP contribution in [0.2, 0.25) is 5.02 Å². The van der Waals surface area contributed by atoms with E-state index in [0.717, 1.165) is 0 Å². The third-order valence-corrected chi connectivity index (χ3v) is 3.61. The largest absolute Gasteiger partial charge is 0.495 e. The Morgan fingerprint density at radius 3 is 2.80 bits per heavy atom. The predicted molar refractivity (Wildman–Crippen MR) is 77.2 cm³/mol. The van der Waals surface area contributed by atoms with E-state index >= 15 is 0 Å². The summed E-state index contributed by atoms with van der Waals surface area (Å²) >= 11 is 6.09. The highest BCUT2D eigenvalue weighted by atomic mass is 35.5. The average Bonchev–Trinajstić information content (AvgIpc) is 2.58. The van der Waals surface area contributed by atoms with Crippen molar-refractivity contribution in [2.24, 2.45) is 0 Å². The van der Waals surface area contributed by atoms with Crippen LogP contribution in [0.5, 0.6) is 5.75 Å². The Labute approximate surface area is 122 Å². The molecule has 1 aromatic carbocycles. The molecule has 5 nitrogen and oxygen atoms in total. The zero-order valence-electron chi connectivity index (χ0n) is 11.5. The van der Waals surface area contributed by atoms with E-state index in [4.69, 9.17) is 16.3 Å². The molecular weight excluding hydrogens is 280 g/mol. The van der Waals surface area contributed by atoms with Crippen LogP contribution in [0.15, 0.2) is 18.2 Å². The molecule has 0 aliphatic carbocycles. The Morgan fingerprint density at radius 2 is 2.20 bits per heavy atom. The van der Waals surface area contributed by atoms with Crippen molar-refractivity contribution in [3.05, 3.63) is 23.2 Å². The van der Waals surface area contributed by atoms with Gasteiger partial charge in [0.05, 0.1) is 12.1 Å². The van der Waals surface area contributed by atoms with Crippen LogP contribution in [0, 0.1) is 0 Å². The first-order valence-electron chi connectivity index (χ1n) is 6.51. The van der Waals surface area contributed by atoms with Gasteiger partial charge in [-0.2, -0.15) is 0 Å². The SMILES string of the molecule is CCC1NC(=O)CCN(c2ccc(OC)c(Cl)c2)C1=O. The number of anilines is 1. The number of carbonyl (C=O) groups excluding carboxylic acids is 2. The zero-order chi connectivity index (χ0) is 14.7.